The lowest BCUT2D eigenvalue weighted by Crippen LogP contribution is -2.21. The van der Waals surface area contributed by atoms with Gasteiger partial charge in [0.1, 0.15) is 28.7 Å². The van der Waals surface area contributed by atoms with Gasteiger partial charge in [-0.25, -0.2) is 22.4 Å². The Bertz CT molecular complexity index is 1510. The third-order valence-electron chi connectivity index (χ3n) is 6.44. The molecule has 3 rings (SSSR count). The van der Waals surface area contributed by atoms with Crippen LogP contribution >= 0.6 is 0 Å². The number of hydrogen-bond acceptors (Lipinski definition) is 8. The molecule has 0 saturated heterocycles. The van der Waals surface area contributed by atoms with E-state index in [0.717, 1.165) is 26.1 Å². The molecule has 0 aromatic heterocycles. The number of ether oxygens (including phenoxy) is 3. The van der Waals surface area contributed by atoms with Crippen LogP contribution in [0.15, 0.2) is 42.1 Å². The van der Waals surface area contributed by atoms with E-state index in [1.165, 1.54) is 27.2 Å². The maximum Gasteiger partial charge on any atom is 0.343 e. The van der Waals surface area contributed by atoms with Crippen molar-refractivity contribution in [3.05, 3.63) is 93.2 Å². The molecule has 0 unspecified atom stereocenters. The van der Waals surface area contributed by atoms with E-state index in [-0.39, 0.29) is 30.1 Å². The molecule has 42 heavy (non-hydrogen) atoms. The van der Waals surface area contributed by atoms with Crippen LogP contribution in [-0.4, -0.2) is 37.7 Å². The number of aliphatic hydroxyl groups is 1. The summed E-state index contributed by atoms with van der Waals surface area (Å²) < 4.78 is 73.7. The first kappa shape index (κ1) is 31.9. The van der Waals surface area contributed by atoms with Crippen LogP contribution in [0.4, 0.5) is 28.9 Å². The summed E-state index contributed by atoms with van der Waals surface area (Å²) in [5.74, 6) is -6.31. The molecule has 0 aliphatic heterocycles. The summed E-state index contributed by atoms with van der Waals surface area (Å²) in [7, 11) is 2.98. The Balaban J connectivity index is 2.00. The van der Waals surface area contributed by atoms with Gasteiger partial charge in [-0.05, 0) is 45.0 Å². The van der Waals surface area contributed by atoms with Gasteiger partial charge in [-0.1, -0.05) is 0 Å². The molecule has 3 aromatic carbocycles. The van der Waals surface area contributed by atoms with Gasteiger partial charge in [0, 0.05) is 46.8 Å². The lowest BCUT2D eigenvalue weighted by atomic mass is 9.95. The van der Waals surface area contributed by atoms with Crippen molar-refractivity contribution < 1.29 is 46.5 Å². The molecular weight excluding hydrogens is 560 g/mol. The Morgan fingerprint density at radius 3 is 2.21 bits per heavy atom. The Morgan fingerprint density at radius 2 is 1.60 bits per heavy atom. The lowest BCUT2D eigenvalue weighted by Gasteiger charge is -2.16. The van der Waals surface area contributed by atoms with E-state index in [1.807, 2.05) is 0 Å². The first-order chi connectivity index (χ1) is 20.0. The Kier molecular flexibility index (Phi) is 10.5. The van der Waals surface area contributed by atoms with Crippen molar-refractivity contribution in [3.8, 4) is 11.5 Å². The van der Waals surface area contributed by atoms with E-state index in [0.29, 0.717) is 17.1 Å². The quantitative estimate of drug-likeness (QED) is 0.0468. The fourth-order valence-corrected chi connectivity index (χ4v) is 4.07. The highest BCUT2D eigenvalue weighted by molar-refractivity contribution is 6.25. The number of carbonyl (C=O) groups is 2. The summed E-state index contributed by atoms with van der Waals surface area (Å²) in [5.41, 5.74) is -2.15. The average Bonchev–Trinajstić information content (AvgIpc) is 2.98. The van der Waals surface area contributed by atoms with Crippen molar-refractivity contribution in [2.24, 2.45) is 0 Å². The molecule has 0 aliphatic carbocycles. The number of rotatable bonds is 12. The molecule has 0 atom stereocenters. The minimum atomic E-state index is -1.45. The van der Waals surface area contributed by atoms with Gasteiger partial charge in [0.05, 0.1) is 38.7 Å². The SMILES string of the molecule is CCOC(=O)/C(=C/Nc1cc(NCc2ccc(OC)cc2OC)c(F)cc1CO)C(=O)c1c(C)c(F)c(F)c(C)c1F. The Morgan fingerprint density at radius 1 is 0.905 bits per heavy atom. The number of carbonyl (C=O) groups excluding carboxylic acids is 2. The second-order valence-corrected chi connectivity index (χ2v) is 9.00. The van der Waals surface area contributed by atoms with Crippen molar-refractivity contribution in [1.29, 1.82) is 0 Å². The van der Waals surface area contributed by atoms with Gasteiger partial charge in [-0.3, -0.25) is 4.79 Å². The molecular formula is C30H30F4N2O6. The van der Waals surface area contributed by atoms with Crippen molar-refractivity contribution in [3.63, 3.8) is 0 Å². The topological polar surface area (TPSA) is 106 Å². The highest BCUT2D eigenvalue weighted by Crippen LogP contribution is 2.30. The fraction of sp³-hybridized carbons (Fsp3) is 0.267. The number of hydrogen-bond donors (Lipinski definition) is 3. The molecule has 0 fully saturated rings. The Labute approximate surface area is 239 Å². The minimum Gasteiger partial charge on any atom is -0.497 e. The predicted molar refractivity (Wildman–Crippen MR) is 148 cm³/mol. The number of benzene rings is 3. The zero-order valence-corrected chi connectivity index (χ0v) is 23.6. The first-order valence-electron chi connectivity index (χ1n) is 12.7. The van der Waals surface area contributed by atoms with Crippen molar-refractivity contribution in [2.45, 2.75) is 33.9 Å². The number of Topliss-reactive ketones (excluding diaryl/α,β-unsaturated/α-hetero) is 1. The van der Waals surface area contributed by atoms with Crippen LogP contribution < -0.4 is 20.1 Å². The number of methoxy groups -OCH3 is 2. The van der Waals surface area contributed by atoms with E-state index in [9.17, 15) is 32.3 Å². The molecule has 3 N–H and O–H groups in total. The average molecular weight is 591 g/mol. The second kappa shape index (κ2) is 13.9. The molecule has 0 bridgehead atoms. The molecule has 0 heterocycles. The molecule has 0 spiro atoms. The van der Waals surface area contributed by atoms with Crippen LogP contribution in [0.3, 0.4) is 0 Å². The summed E-state index contributed by atoms with van der Waals surface area (Å²) in [6.45, 7) is 2.78. The van der Waals surface area contributed by atoms with Gasteiger partial charge in [-0.2, -0.15) is 0 Å². The molecule has 0 saturated carbocycles. The molecule has 3 aromatic rings. The number of nitrogens with one attached hydrogen (secondary N) is 2. The van der Waals surface area contributed by atoms with Crippen LogP contribution in [0, 0.1) is 37.1 Å². The van der Waals surface area contributed by atoms with Gasteiger partial charge in [-0.15, -0.1) is 0 Å². The van der Waals surface area contributed by atoms with Crippen LogP contribution in [0.25, 0.3) is 0 Å². The van der Waals surface area contributed by atoms with Crippen LogP contribution in [0.2, 0.25) is 0 Å². The van der Waals surface area contributed by atoms with E-state index in [1.54, 1.807) is 18.2 Å². The smallest absolute Gasteiger partial charge is 0.343 e. The number of ketones is 1. The monoisotopic (exact) mass is 590 g/mol. The van der Waals surface area contributed by atoms with Crippen molar-refractivity contribution in [1.82, 2.24) is 0 Å². The van der Waals surface area contributed by atoms with Crippen LogP contribution in [-0.2, 0) is 22.7 Å². The van der Waals surface area contributed by atoms with Gasteiger partial charge < -0.3 is 30.0 Å². The summed E-state index contributed by atoms with van der Waals surface area (Å²) in [6, 6.07) is 7.42. The van der Waals surface area contributed by atoms with Crippen LogP contribution in [0.1, 0.15) is 39.5 Å². The third-order valence-corrected chi connectivity index (χ3v) is 6.44. The van der Waals surface area contributed by atoms with Crippen LogP contribution in [0.5, 0.6) is 11.5 Å². The Hall–Kier alpha value is -4.58. The highest BCUT2D eigenvalue weighted by Gasteiger charge is 2.30. The number of aliphatic hydroxyl groups excluding tert-OH is 1. The first-order valence-corrected chi connectivity index (χ1v) is 12.7. The minimum absolute atomic E-state index is 0.0110. The van der Waals surface area contributed by atoms with Gasteiger partial charge in [0.15, 0.2) is 11.6 Å². The van der Waals surface area contributed by atoms with E-state index >= 15 is 0 Å². The summed E-state index contributed by atoms with van der Waals surface area (Å²) in [5, 5.41) is 15.4. The van der Waals surface area contributed by atoms with E-state index < -0.39 is 63.9 Å². The van der Waals surface area contributed by atoms with Gasteiger partial charge in [0.25, 0.3) is 0 Å². The molecule has 0 aliphatic rings. The third kappa shape index (κ3) is 6.65. The molecule has 0 radical (unpaired) electrons. The zero-order valence-electron chi connectivity index (χ0n) is 23.6. The molecule has 8 nitrogen and oxygen atoms in total. The number of anilines is 2. The maximum absolute atomic E-state index is 14.9. The normalized spacial score (nSPS) is 11.2. The number of esters is 1. The largest absolute Gasteiger partial charge is 0.497 e. The molecule has 224 valence electrons. The lowest BCUT2D eigenvalue weighted by molar-refractivity contribution is -0.138. The maximum atomic E-state index is 14.9. The summed E-state index contributed by atoms with van der Waals surface area (Å²) in [4.78, 5) is 26.0. The molecule has 12 heteroatoms. The standard InChI is InChI=1S/C30H30F4N2O6/c1-6-42-30(39)20(29(38)25-15(2)27(33)28(34)16(3)26(25)32)13-36-22-11-23(21(31)9-18(22)14-37)35-12-17-7-8-19(40-4)10-24(17)41-5/h7-11,13,35-37H,6,12,14H2,1-5H3/b20-13+. The van der Waals surface area contributed by atoms with E-state index in [4.69, 9.17) is 14.2 Å². The van der Waals surface area contributed by atoms with E-state index in [2.05, 4.69) is 10.6 Å². The van der Waals surface area contributed by atoms with Crippen molar-refractivity contribution in [2.75, 3.05) is 31.5 Å². The highest BCUT2D eigenvalue weighted by atomic mass is 19.2. The number of halogens is 4. The fourth-order valence-electron chi connectivity index (χ4n) is 4.07. The van der Waals surface area contributed by atoms with Crippen molar-refractivity contribution >= 4 is 23.1 Å². The van der Waals surface area contributed by atoms with Gasteiger partial charge in [0.2, 0.25) is 5.78 Å². The molecule has 0 amide bonds. The predicted octanol–water partition coefficient (Wildman–Crippen LogP) is 5.72. The zero-order chi connectivity index (χ0) is 31.1. The second-order valence-electron chi connectivity index (χ2n) is 9.00. The summed E-state index contributed by atoms with van der Waals surface area (Å²) in [6.07, 6.45) is 0.873. The van der Waals surface area contributed by atoms with Gasteiger partial charge >= 0.3 is 5.97 Å². The summed E-state index contributed by atoms with van der Waals surface area (Å²) >= 11 is 0.